The van der Waals surface area contributed by atoms with Crippen LogP contribution in [0.5, 0.6) is 5.75 Å². The molecule has 1 N–H and O–H groups in total. The smallest absolute Gasteiger partial charge is 0.341 e. The van der Waals surface area contributed by atoms with Crippen molar-refractivity contribution in [1.82, 2.24) is 0 Å². The predicted octanol–water partition coefficient (Wildman–Crippen LogP) is 3.62. The summed E-state index contributed by atoms with van der Waals surface area (Å²) < 4.78 is 10.6. The maximum Gasteiger partial charge on any atom is 0.341 e. The number of anilines is 1. The van der Waals surface area contributed by atoms with E-state index >= 15 is 0 Å². The van der Waals surface area contributed by atoms with E-state index in [1.54, 1.807) is 0 Å². The van der Waals surface area contributed by atoms with Crippen LogP contribution in [0.2, 0.25) is 5.02 Å². The number of methoxy groups -OCH3 is 1. The summed E-state index contributed by atoms with van der Waals surface area (Å²) in [6.07, 6.45) is 0. The number of esters is 1. The molecule has 0 spiro atoms. The van der Waals surface area contributed by atoms with Gasteiger partial charge in [0.15, 0.2) is 0 Å². The average molecular weight is 429 g/mol. The number of rotatable bonds is 5. The number of amides is 1. The van der Waals surface area contributed by atoms with Crippen molar-refractivity contribution in [2.24, 2.45) is 0 Å². The Kier molecular flexibility index (Phi) is 6.78. The summed E-state index contributed by atoms with van der Waals surface area (Å²) in [7, 11) is 1.26. The lowest BCUT2D eigenvalue weighted by Crippen LogP contribution is -2.12. The molecule has 1 rings (SSSR count). The number of carbonyl (C=O) groups is 2. The highest BCUT2D eigenvalue weighted by Gasteiger charge is 2.22. The number of hydrogen-bond acceptors (Lipinski definition) is 4. The number of nitrogens with one attached hydrogen (secondary N) is 1. The Morgan fingerprint density at radius 1 is 1.45 bits per heavy atom. The Morgan fingerprint density at radius 3 is 2.60 bits per heavy atom. The molecule has 0 fully saturated rings. The van der Waals surface area contributed by atoms with Crippen molar-refractivity contribution in [2.75, 3.05) is 24.4 Å². The van der Waals surface area contributed by atoms with E-state index in [1.807, 2.05) is 0 Å². The Balaban J connectivity index is 3.39. The quantitative estimate of drug-likeness (QED) is 0.574. The highest BCUT2D eigenvalue weighted by atomic mass is 79.9. The molecule has 0 aliphatic heterocycles. The molecule has 0 unspecified atom stereocenters. The van der Waals surface area contributed by atoms with Crippen LogP contribution in [0.4, 0.5) is 5.69 Å². The first-order valence-corrected chi connectivity index (χ1v) is 7.78. The molecule has 1 aromatic carbocycles. The normalized spacial score (nSPS) is 10.1. The number of carbonyl (C=O) groups excluding carboxylic acids is 2. The standard InChI is InChI=1S/C12H12Br2ClNO4/c1-6(17)16-10-8(15)5-7(12(18)19-2)11(9(10)14)20-4-3-13/h5H,3-4H2,1-2H3,(H,16,17). The second kappa shape index (κ2) is 7.85. The van der Waals surface area contributed by atoms with E-state index in [-0.39, 0.29) is 22.2 Å². The van der Waals surface area contributed by atoms with Crippen LogP contribution in [-0.4, -0.2) is 30.9 Å². The predicted molar refractivity (Wildman–Crippen MR) is 84.1 cm³/mol. The van der Waals surface area contributed by atoms with E-state index in [2.05, 4.69) is 37.2 Å². The number of ether oxygens (including phenoxy) is 2. The Labute approximate surface area is 138 Å². The maximum absolute atomic E-state index is 11.8. The average Bonchev–Trinajstić information content (AvgIpc) is 2.40. The monoisotopic (exact) mass is 427 g/mol. The van der Waals surface area contributed by atoms with Gasteiger partial charge in [-0.3, -0.25) is 4.79 Å². The second-order valence-electron chi connectivity index (χ2n) is 3.63. The third-order valence-electron chi connectivity index (χ3n) is 2.20. The summed E-state index contributed by atoms with van der Waals surface area (Å²) in [6.45, 7) is 1.69. The molecule has 0 aliphatic carbocycles. The van der Waals surface area contributed by atoms with Crippen LogP contribution in [0.3, 0.4) is 0 Å². The first-order valence-electron chi connectivity index (χ1n) is 5.49. The minimum Gasteiger partial charge on any atom is -0.491 e. The molecule has 0 radical (unpaired) electrons. The first-order chi connectivity index (χ1) is 9.42. The number of alkyl halides is 1. The summed E-state index contributed by atoms with van der Waals surface area (Å²) in [4.78, 5) is 22.9. The molecule has 0 saturated heterocycles. The van der Waals surface area contributed by atoms with Crippen molar-refractivity contribution in [3.63, 3.8) is 0 Å². The molecule has 0 aromatic heterocycles. The zero-order chi connectivity index (χ0) is 15.3. The van der Waals surface area contributed by atoms with Crippen molar-refractivity contribution in [3.8, 4) is 5.75 Å². The van der Waals surface area contributed by atoms with Gasteiger partial charge in [-0.15, -0.1) is 0 Å². The fraction of sp³-hybridized carbons (Fsp3) is 0.333. The molecule has 0 heterocycles. The van der Waals surface area contributed by atoms with Gasteiger partial charge in [-0.05, 0) is 22.0 Å². The SMILES string of the molecule is COC(=O)c1cc(Cl)c(NC(C)=O)c(Br)c1OCCBr. The fourth-order valence-electron chi connectivity index (χ4n) is 1.43. The molecule has 0 aliphatic rings. The Hall–Kier alpha value is -0.790. The molecule has 0 bridgehead atoms. The van der Waals surface area contributed by atoms with Crippen molar-refractivity contribution in [1.29, 1.82) is 0 Å². The fourth-order valence-corrected chi connectivity index (χ4v) is 2.60. The lowest BCUT2D eigenvalue weighted by Gasteiger charge is -2.16. The van der Waals surface area contributed by atoms with E-state index in [0.29, 0.717) is 22.1 Å². The Bertz CT molecular complexity index is 537. The highest BCUT2D eigenvalue weighted by molar-refractivity contribution is 9.10. The van der Waals surface area contributed by atoms with E-state index in [1.165, 1.54) is 20.1 Å². The largest absolute Gasteiger partial charge is 0.491 e. The minimum atomic E-state index is -0.577. The topological polar surface area (TPSA) is 64.6 Å². The molecule has 1 aromatic rings. The second-order valence-corrected chi connectivity index (χ2v) is 5.63. The molecular weight excluding hydrogens is 417 g/mol. The summed E-state index contributed by atoms with van der Waals surface area (Å²) in [5, 5.41) is 3.37. The minimum absolute atomic E-state index is 0.180. The van der Waals surface area contributed by atoms with Crippen molar-refractivity contribution in [2.45, 2.75) is 6.92 Å². The van der Waals surface area contributed by atoms with E-state index < -0.39 is 5.97 Å². The van der Waals surface area contributed by atoms with Gasteiger partial charge in [0.1, 0.15) is 11.3 Å². The maximum atomic E-state index is 11.8. The molecule has 20 heavy (non-hydrogen) atoms. The zero-order valence-electron chi connectivity index (χ0n) is 10.8. The first kappa shape index (κ1) is 17.3. The van der Waals surface area contributed by atoms with Crippen LogP contribution < -0.4 is 10.1 Å². The highest BCUT2D eigenvalue weighted by Crippen LogP contribution is 2.41. The van der Waals surface area contributed by atoms with Gasteiger partial charge in [0.05, 0.1) is 28.9 Å². The van der Waals surface area contributed by atoms with Crippen LogP contribution in [0.15, 0.2) is 10.5 Å². The van der Waals surface area contributed by atoms with E-state index in [0.717, 1.165) is 0 Å². The van der Waals surface area contributed by atoms with Gasteiger partial charge in [-0.25, -0.2) is 4.79 Å². The molecule has 1 amide bonds. The molecule has 0 saturated carbocycles. The van der Waals surface area contributed by atoms with Crippen LogP contribution in [-0.2, 0) is 9.53 Å². The lowest BCUT2D eigenvalue weighted by molar-refractivity contribution is -0.114. The van der Waals surface area contributed by atoms with Crippen LogP contribution in [0, 0.1) is 0 Å². The zero-order valence-corrected chi connectivity index (χ0v) is 14.7. The van der Waals surface area contributed by atoms with Crippen LogP contribution in [0.1, 0.15) is 17.3 Å². The van der Waals surface area contributed by atoms with Crippen molar-refractivity contribution in [3.05, 3.63) is 21.1 Å². The van der Waals surface area contributed by atoms with Crippen LogP contribution >= 0.6 is 43.5 Å². The third kappa shape index (κ3) is 4.10. The van der Waals surface area contributed by atoms with Gasteiger partial charge in [-0.2, -0.15) is 0 Å². The third-order valence-corrected chi connectivity index (χ3v) is 3.58. The van der Waals surface area contributed by atoms with Gasteiger partial charge in [0.25, 0.3) is 0 Å². The number of hydrogen-bond donors (Lipinski definition) is 1. The number of benzene rings is 1. The van der Waals surface area contributed by atoms with Gasteiger partial charge >= 0.3 is 5.97 Å². The molecule has 110 valence electrons. The molecule has 0 atom stereocenters. The van der Waals surface area contributed by atoms with Gasteiger partial charge in [0, 0.05) is 12.3 Å². The van der Waals surface area contributed by atoms with Gasteiger partial charge < -0.3 is 14.8 Å². The van der Waals surface area contributed by atoms with Gasteiger partial charge in [0.2, 0.25) is 5.91 Å². The van der Waals surface area contributed by atoms with E-state index in [4.69, 9.17) is 21.1 Å². The summed E-state index contributed by atoms with van der Waals surface area (Å²) in [6, 6.07) is 1.40. The molecule has 5 nitrogen and oxygen atoms in total. The summed E-state index contributed by atoms with van der Waals surface area (Å²) in [5.74, 6) is -0.596. The lowest BCUT2D eigenvalue weighted by atomic mass is 10.1. The van der Waals surface area contributed by atoms with Crippen LogP contribution in [0.25, 0.3) is 0 Å². The van der Waals surface area contributed by atoms with Gasteiger partial charge in [-0.1, -0.05) is 27.5 Å². The number of halogens is 3. The Morgan fingerprint density at radius 2 is 2.10 bits per heavy atom. The van der Waals surface area contributed by atoms with Crippen molar-refractivity contribution < 1.29 is 19.1 Å². The molecule has 8 heteroatoms. The van der Waals surface area contributed by atoms with Crippen molar-refractivity contribution >= 4 is 61.0 Å². The van der Waals surface area contributed by atoms with E-state index in [9.17, 15) is 9.59 Å². The molecular formula is C12H12Br2ClNO4. The summed E-state index contributed by atoms with van der Waals surface area (Å²) in [5.41, 5.74) is 0.524. The summed E-state index contributed by atoms with van der Waals surface area (Å²) >= 11 is 12.6.